The van der Waals surface area contributed by atoms with Gasteiger partial charge in [-0.3, -0.25) is 9.59 Å². The lowest BCUT2D eigenvalue weighted by Crippen LogP contribution is -2.56. The van der Waals surface area contributed by atoms with Crippen molar-refractivity contribution in [2.75, 3.05) is 0 Å². The van der Waals surface area contributed by atoms with E-state index >= 15 is 0 Å². The number of esters is 1. The van der Waals surface area contributed by atoms with Crippen LogP contribution in [0.3, 0.4) is 0 Å². The molecule has 0 aromatic carbocycles. The average Bonchev–Trinajstić information content (AvgIpc) is 3.32. The number of carbonyl (C=O) groups excluding carboxylic acids is 2. The second-order valence-electron chi connectivity index (χ2n) is 11.7. The molecule has 3 heteroatoms. The van der Waals surface area contributed by atoms with E-state index < -0.39 is 0 Å². The van der Waals surface area contributed by atoms with Gasteiger partial charge in [0.2, 0.25) is 0 Å². The van der Waals surface area contributed by atoms with Crippen molar-refractivity contribution in [3.63, 3.8) is 0 Å². The molecule has 0 bridgehead atoms. The van der Waals surface area contributed by atoms with Crippen molar-refractivity contribution in [1.29, 1.82) is 0 Å². The zero-order valence-corrected chi connectivity index (χ0v) is 17.8. The van der Waals surface area contributed by atoms with Crippen LogP contribution >= 0.6 is 0 Å². The topological polar surface area (TPSA) is 43.4 Å². The molecule has 0 N–H and O–H groups in total. The first-order chi connectivity index (χ1) is 13.2. The molecule has 6 aliphatic rings. The van der Waals surface area contributed by atoms with E-state index in [4.69, 9.17) is 4.74 Å². The van der Waals surface area contributed by atoms with E-state index in [9.17, 15) is 9.59 Å². The number of ketones is 1. The van der Waals surface area contributed by atoms with Gasteiger partial charge in [0, 0.05) is 18.3 Å². The first-order valence-electron chi connectivity index (χ1n) is 11.7. The number of allylic oxidation sites excluding steroid dienone is 1. The minimum absolute atomic E-state index is 0.0268. The van der Waals surface area contributed by atoms with Crippen molar-refractivity contribution < 1.29 is 14.3 Å². The van der Waals surface area contributed by atoms with E-state index in [1.54, 1.807) is 0 Å². The number of hydrogen-bond donors (Lipinski definition) is 0. The molecular weight excluding hydrogens is 348 g/mol. The molecule has 0 aromatic heterocycles. The van der Waals surface area contributed by atoms with Gasteiger partial charge >= 0.3 is 5.97 Å². The van der Waals surface area contributed by atoms with Gasteiger partial charge in [0.15, 0.2) is 5.78 Å². The lowest BCUT2D eigenvalue weighted by atomic mass is 9.45. The fourth-order valence-electron chi connectivity index (χ4n) is 9.66. The number of rotatable bonds is 0. The lowest BCUT2D eigenvalue weighted by Gasteiger charge is -2.59. The molecule has 28 heavy (non-hydrogen) atoms. The minimum Gasteiger partial charge on any atom is -0.458 e. The Bertz CT molecular complexity index is 813. The highest BCUT2D eigenvalue weighted by Gasteiger charge is 2.75. The Kier molecular flexibility index (Phi) is 3.25. The highest BCUT2D eigenvalue weighted by atomic mass is 16.6. The van der Waals surface area contributed by atoms with Gasteiger partial charge in [-0.1, -0.05) is 33.3 Å². The van der Waals surface area contributed by atoms with Crippen LogP contribution in [-0.2, 0) is 14.3 Å². The van der Waals surface area contributed by atoms with Gasteiger partial charge in [0.25, 0.3) is 0 Å². The summed E-state index contributed by atoms with van der Waals surface area (Å²) in [7, 11) is 0. The molecule has 5 aliphatic carbocycles. The molecule has 4 unspecified atom stereocenters. The van der Waals surface area contributed by atoms with Gasteiger partial charge in [0.1, 0.15) is 5.60 Å². The van der Waals surface area contributed by atoms with E-state index in [2.05, 4.69) is 33.8 Å². The van der Waals surface area contributed by atoms with Crippen LogP contribution in [0.15, 0.2) is 11.6 Å². The maximum absolute atomic E-state index is 12.2. The summed E-state index contributed by atoms with van der Waals surface area (Å²) >= 11 is 0. The maximum atomic E-state index is 12.2. The Hall–Kier alpha value is -1.12. The van der Waals surface area contributed by atoms with Gasteiger partial charge in [0.05, 0.1) is 0 Å². The fraction of sp³-hybridized carbons (Fsp3) is 0.840. The van der Waals surface area contributed by atoms with Crippen molar-refractivity contribution in [2.45, 2.75) is 78.2 Å². The summed E-state index contributed by atoms with van der Waals surface area (Å²) in [5, 5.41) is 0. The molecule has 5 fully saturated rings. The normalized spacial score (nSPS) is 59.1. The Balaban J connectivity index is 1.45. The molecule has 0 radical (unpaired) electrons. The predicted octanol–water partition coefficient (Wildman–Crippen LogP) is 4.94. The Morgan fingerprint density at radius 2 is 1.86 bits per heavy atom. The molecule has 1 spiro atoms. The molecule has 6 rings (SSSR count). The summed E-state index contributed by atoms with van der Waals surface area (Å²) in [4.78, 5) is 24.4. The molecule has 3 nitrogen and oxygen atoms in total. The highest BCUT2D eigenvalue weighted by Crippen LogP contribution is 2.77. The SMILES string of the molecule is CC1C2C3C(CC[C@]2(C)[C@]2(CCC(=O)O2)[C@H]1C)[C@@]1(C)CCC(=O)C=C1[C@@H]1C[C@H]31. The Morgan fingerprint density at radius 3 is 2.57 bits per heavy atom. The quantitative estimate of drug-likeness (QED) is 0.557. The number of carbonyl (C=O) groups is 2. The largest absolute Gasteiger partial charge is 0.458 e. The molecule has 0 aromatic rings. The Labute approximate surface area is 168 Å². The summed E-state index contributed by atoms with van der Waals surface area (Å²) in [5.41, 5.74) is 1.62. The molecule has 0 amide bonds. The van der Waals surface area contributed by atoms with E-state index in [1.165, 1.54) is 24.8 Å². The van der Waals surface area contributed by atoms with E-state index in [0.717, 1.165) is 31.1 Å². The van der Waals surface area contributed by atoms with E-state index in [-0.39, 0.29) is 22.4 Å². The van der Waals surface area contributed by atoms with Crippen LogP contribution in [0.25, 0.3) is 0 Å². The first-order valence-corrected chi connectivity index (χ1v) is 11.7. The Morgan fingerprint density at radius 1 is 1.07 bits per heavy atom. The summed E-state index contributed by atoms with van der Waals surface area (Å²) in [5.74, 6) is 4.96. The standard InChI is InChI=1S/C25H34O3/c1-13-14(2)25(10-7-20(27)28-25)24(4)9-6-18-21(22(13)24)17-12-16(17)19-11-15(26)5-8-23(18,19)3/h11,13-14,16-18,21-22H,5-10,12H2,1-4H3/t13?,14-,16+,17-,18?,21?,22?,23+,24-,25-/m0/s1. The fourth-order valence-corrected chi connectivity index (χ4v) is 9.66. The summed E-state index contributed by atoms with van der Waals surface area (Å²) in [6, 6.07) is 0. The maximum Gasteiger partial charge on any atom is 0.306 e. The molecule has 1 saturated heterocycles. The van der Waals surface area contributed by atoms with Crippen LogP contribution in [0.4, 0.5) is 0 Å². The van der Waals surface area contributed by atoms with Crippen LogP contribution < -0.4 is 0 Å². The van der Waals surface area contributed by atoms with E-state index in [0.29, 0.717) is 41.8 Å². The molecular formula is C25H34O3. The monoisotopic (exact) mass is 382 g/mol. The van der Waals surface area contributed by atoms with Crippen molar-refractivity contribution in [3.8, 4) is 0 Å². The molecule has 152 valence electrons. The van der Waals surface area contributed by atoms with Crippen LogP contribution in [0.2, 0.25) is 0 Å². The predicted molar refractivity (Wildman–Crippen MR) is 106 cm³/mol. The molecule has 1 aliphatic heterocycles. The van der Waals surface area contributed by atoms with Crippen LogP contribution in [-0.4, -0.2) is 17.4 Å². The van der Waals surface area contributed by atoms with Crippen molar-refractivity contribution >= 4 is 11.8 Å². The summed E-state index contributed by atoms with van der Waals surface area (Å²) < 4.78 is 6.24. The van der Waals surface area contributed by atoms with Gasteiger partial charge in [-0.15, -0.1) is 0 Å². The smallest absolute Gasteiger partial charge is 0.306 e. The molecule has 4 saturated carbocycles. The summed E-state index contributed by atoms with van der Waals surface area (Å²) in [6.45, 7) is 9.77. The zero-order chi connectivity index (χ0) is 19.6. The minimum atomic E-state index is -0.233. The summed E-state index contributed by atoms with van der Waals surface area (Å²) in [6.07, 6.45) is 9.07. The van der Waals surface area contributed by atoms with Crippen LogP contribution in [0.1, 0.15) is 72.6 Å². The average molecular weight is 383 g/mol. The van der Waals surface area contributed by atoms with Crippen LogP contribution in [0.5, 0.6) is 0 Å². The number of hydrogen-bond acceptors (Lipinski definition) is 3. The zero-order valence-electron chi connectivity index (χ0n) is 17.8. The van der Waals surface area contributed by atoms with Crippen molar-refractivity contribution in [2.24, 2.45) is 52.3 Å². The number of ether oxygens (including phenoxy) is 1. The van der Waals surface area contributed by atoms with Crippen molar-refractivity contribution in [3.05, 3.63) is 11.6 Å². The van der Waals surface area contributed by atoms with Gasteiger partial charge in [-0.2, -0.15) is 0 Å². The number of fused-ring (bicyclic) bond motifs is 9. The van der Waals surface area contributed by atoms with E-state index in [1.807, 2.05) is 0 Å². The van der Waals surface area contributed by atoms with Crippen LogP contribution in [0, 0.1) is 52.3 Å². The third-order valence-corrected chi connectivity index (χ3v) is 11.1. The molecule has 10 atom stereocenters. The second-order valence-corrected chi connectivity index (χ2v) is 11.7. The first kappa shape index (κ1) is 17.7. The lowest BCUT2D eigenvalue weighted by molar-refractivity contribution is -0.174. The highest BCUT2D eigenvalue weighted by molar-refractivity contribution is 5.92. The van der Waals surface area contributed by atoms with Gasteiger partial charge in [-0.25, -0.2) is 0 Å². The van der Waals surface area contributed by atoms with Gasteiger partial charge < -0.3 is 4.74 Å². The third kappa shape index (κ3) is 1.80. The second kappa shape index (κ2) is 5.13. The van der Waals surface area contributed by atoms with Crippen molar-refractivity contribution in [1.82, 2.24) is 0 Å². The third-order valence-electron chi connectivity index (χ3n) is 11.1. The van der Waals surface area contributed by atoms with Gasteiger partial charge in [-0.05, 0) is 85.0 Å². The molecule has 1 heterocycles.